The van der Waals surface area contributed by atoms with E-state index in [1.165, 1.54) is 0 Å². The molecule has 0 aromatic heterocycles. The largest absolute Gasteiger partial charge is 0.380 e. The molecule has 1 rings (SSSR count). The molecule has 0 fully saturated rings. The van der Waals surface area contributed by atoms with E-state index in [1.54, 1.807) is 0 Å². The van der Waals surface area contributed by atoms with Crippen molar-refractivity contribution in [1.82, 2.24) is 9.80 Å². The van der Waals surface area contributed by atoms with Gasteiger partial charge in [0.15, 0.2) is 0 Å². The lowest BCUT2D eigenvalue weighted by atomic mass is 10.6. The highest BCUT2D eigenvalue weighted by Gasteiger charge is 2.07. The molecular weight excluding hydrogens is 152 g/mol. The van der Waals surface area contributed by atoms with E-state index < -0.39 is 0 Å². The minimum absolute atomic E-state index is 0.794. The summed E-state index contributed by atoms with van der Waals surface area (Å²) in [4.78, 5) is 4.23. The van der Waals surface area contributed by atoms with Crippen molar-refractivity contribution in [2.75, 3.05) is 26.4 Å². The number of ether oxygens (including phenoxy) is 1. The molecule has 0 amide bonds. The van der Waals surface area contributed by atoms with E-state index in [1.807, 2.05) is 24.2 Å². The zero-order valence-corrected chi connectivity index (χ0v) is 7.57. The minimum atomic E-state index is 0.794. The van der Waals surface area contributed by atoms with Crippen molar-refractivity contribution in [2.45, 2.75) is 6.92 Å². The van der Waals surface area contributed by atoms with Crippen LogP contribution in [0.4, 0.5) is 0 Å². The van der Waals surface area contributed by atoms with E-state index >= 15 is 0 Å². The molecular formula is C9H16N2O. The Balaban J connectivity index is 2.12. The van der Waals surface area contributed by atoms with Crippen molar-refractivity contribution in [3.63, 3.8) is 0 Å². The predicted molar refractivity (Wildman–Crippen MR) is 49.2 cm³/mol. The SMILES string of the molecule is C=CN1C=CN(CCOCC)C1. The lowest BCUT2D eigenvalue weighted by Crippen LogP contribution is -2.25. The van der Waals surface area contributed by atoms with Crippen molar-refractivity contribution in [1.29, 1.82) is 0 Å². The van der Waals surface area contributed by atoms with E-state index in [0.29, 0.717) is 0 Å². The van der Waals surface area contributed by atoms with Crippen molar-refractivity contribution in [2.24, 2.45) is 0 Å². The highest BCUT2D eigenvalue weighted by molar-refractivity contribution is 4.94. The van der Waals surface area contributed by atoms with Gasteiger partial charge in [-0.25, -0.2) is 0 Å². The molecule has 0 aromatic carbocycles. The summed E-state index contributed by atoms with van der Waals surface area (Å²) in [6.45, 7) is 9.14. The van der Waals surface area contributed by atoms with E-state index in [4.69, 9.17) is 4.74 Å². The summed E-state index contributed by atoms with van der Waals surface area (Å²) in [5.74, 6) is 0. The van der Waals surface area contributed by atoms with Crippen LogP contribution in [0.2, 0.25) is 0 Å². The molecule has 0 bridgehead atoms. The van der Waals surface area contributed by atoms with Gasteiger partial charge < -0.3 is 14.5 Å². The van der Waals surface area contributed by atoms with E-state index in [0.717, 1.165) is 26.4 Å². The Labute approximate surface area is 73.9 Å². The molecule has 0 atom stereocenters. The molecule has 1 heterocycles. The molecule has 0 aromatic rings. The summed E-state index contributed by atoms with van der Waals surface area (Å²) in [6.07, 6.45) is 5.89. The molecule has 3 heteroatoms. The van der Waals surface area contributed by atoms with Crippen molar-refractivity contribution >= 4 is 0 Å². The topological polar surface area (TPSA) is 15.7 Å². The average molecular weight is 168 g/mol. The van der Waals surface area contributed by atoms with E-state index in [2.05, 4.69) is 17.7 Å². The zero-order chi connectivity index (χ0) is 8.81. The predicted octanol–water partition coefficient (Wildman–Crippen LogP) is 1.21. The van der Waals surface area contributed by atoms with Gasteiger partial charge in [0.05, 0.1) is 13.3 Å². The third kappa shape index (κ3) is 2.58. The van der Waals surface area contributed by atoms with Crippen LogP contribution in [0.1, 0.15) is 6.92 Å². The van der Waals surface area contributed by atoms with Crippen LogP contribution < -0.4 is 0 Å². The fourth-order valence-electron chi connectivity index (χ4n) is 1.07. The molecule has 0 saturated heterocycles. The normalized spacial score (nSPS) is 15.8. The Morgan fingerprint density at radius 1 is 1.58 bits per heavy atom. The maximum atomic E-state index is 5.24. The standard InChI is InChI=1S/C9H16N2O/c1-3-10-5-6-11(9-10)7-8-12-4-2/h3,5-6H,1,4,7-9H2,2H3. The van der Waals surface area contributed by atoms with Gasteiger partial charge >= 0.3 is 0 Å². The first-order valence-electron chi connectivity index (χ1n) is 4.25. The van der Waals surface area contributed by atoms with Crippen LogP contribution in [0.3, 0.4) is 0 Å². The van der Waals surface area contributed by atoms with Crippen molar-refractivity contribution in [3.8, 4) is 0 Å². The van der Waals surface area contributed by atoms with Gasteiger partial charge in [0.2, 0.25) is 0 Å². The average Bonchev–Trinajstić information content (AvgIpc) is 2.53. The van der Waals surface area contributed by atoms with E-state index in [9.17, 15) is 0 Å². The smallest absolute Gasteiger partial charge is 0.0936 e. The molecule has 0 aliphatic carbocycles. The van der Waals surface area contributed by atoms with Gasteiger partial charge in [-0.2, -0.15) is 0 Å². The minimum Gasteiger partial charge on any atom is -0.380 e. The Hall–Kier alpha value is -0.960. The Kier molecular flexibility index (Phi) is 3.67. The molecule has 0 spiro atoms. The van der Waals surface area contributed by atoms with Gasteiger partial charge in [0, 0.05) is 25.6 Å². The first kappa shape index (κ1) is 9.13. The number of hydrogen-bond acceptors (Lipinski definition) is 3. The van der Waals surface area contributed by atoms with Gasteiger partial charge in [0.25, 0.3) is 0 Å². The number of nitrogens with zero attached hydrogens (tertiary/aromatic N) is 2. The molecule has 0 radical (unpaired) electrons. The molecule has 3 nitrogen and oxygen atoms in total. The molecule has 1 aliphatic rings. The Morgan fingerprint density at radius 3 is 3.00 bits per heavy atom. The van der Waals surface area contributed by atoms with Gasteiger partial charge in [-0.15, -0.1) is 0 Å². The first-order valence-corrected chi connectivity index (χ1v) is 4.25. The lowest BCUT2D eigenvalue weighted by molar-refractivity contribution is 0.124. The molecule has 1 aliphatic heterocycles. The first-order chi connectivity index (χ1) is 5.86. The monoisotopic (exact) mass is 168 g/mol. The summed E-state index contributed by atoms with van der Waals surface area (Å²) in [5.41, 5.74) is 0. The highest BCUT2D eigenvalue weighted by Crippen LogP contribution is 2.05. The Morgan fingerprint density at radius 2 is 2.42 bits per heavy atom. The maximum absolute atomic E-state index is 5.24. The van der Waals surface area contributed by atoms with Crippen LogP contribution in [0, 0.1) is 0 Å². The quantitative estimate of drug-likeness (QED) is 0.574. The van der Waals surface area contributed by atoms with Crippen LogP contribution in [0.5, 0.6) is 0 Å². The van der Waals surface area contributed by atoms with Crippen LogP contribution in [0.25, 0.3) is 0 Å². The molecule has 0 N–H and O–H groups in total. The lowest BCUT2D eigenvalue weighted by Gasteiger charge is -2.17. The van der Waals surface area contributed by atoms with Crippen molar-refractivity contribution < 1.29 is 4.74 Å². The van der Waals surface area contributed by atoms with Crippen molar-refractivity contribution in [3.05, 3.63) is 25.2 Å². The van der Waals surface area contributed by atoms with Gasteiger partial charge in [-0.1, -0.05) is 6.58 Å². The number of hydrogen-bond donors (Lipinski definition) is 0. The van der Waals surface area contributed by atoms with Crippen LogP contribution in [-0.2, 0) is 4.74 Å². The highest BCUT2D eigenvalue weighted by atomic mass is 16.5. The molecule has 0 saturated carbocycles. The fourth-order valence-corrected chi connectivity index (χ4v) is 1.07. The zero-order valence-electron chi connectivity index (χ0n) is 7.57. The molecule has 0 unspecified atom stereocenters. The van der Waals surface area contributed by atoms with Gasteiger partial charge in [-0.05, 0) is 13.1 Å². The Bertz CT molecular complexity index is 168. The van der Waals surface area contributed by atoms with E-state index in [-0.39, 0.29) is 0 Å². The second kappa shape index (κ2) is 4.83. The van der Waals surface area contributed by atoms with Gasteiger partial charge in [-0.3, -0.25) is 0 Å². The summed E-state index contributed by atoms with van der Waals surface area (Å²) >= 11 is 0. The summed E-state index contributed by atoms with van der Waals surface area (Å²) in [7, 11) is 0. The third-order valence-electron chi connectivity index (χ3n) is 1.78. The van der Waals surface area contributed by atoms with Crippen LogP contribution >= 0.6 is 0 Å². The number of rotatable bonds is 5. The van der Waals surface area contributed by atoms with Gasteiger partial charge in [0.1, 0.15) is 0 Å². The second-order valence-electron chi connectivity index (χ2n) is 2.65. The molecule has 12 heavy (non-hydrogen) atoms. The maximum Gasteiger partial charge on any atom is 0.0936 e. The summed E-state index contributed by atoms with van der Waals surface area (Å²) in [5, 5.41) is 0. The summed E-state index contributed by atoms with van der Waals surface area (Å²) < 4.78 is 5.24. The summed E-state index contributed by atoms with van der Waals surface area (Å²) in [6, 6.07) is 0. The molecule has 68 valence electrons. The van der Waals surface area contributed by atoms with Crippen LogP contribution in [-0.4, -0.2) is 36.2 Å². The van der Waals surface area contributed by atoms with Crippen LogP contribution in [0.15, 0.2) is 25.2 Å². The second-order valence-corrected chi connectivity index (χ2v) is 2.65. The fraction of sp³-hybridized carbons (Fsp3) is 0.556. The third-order valence-corrected chi connectivity index (χ3v) is 1.78.